The van der Waals surface area contributed by atoms with Gasteiger partial charge in [0.1, 0.15) is 11.6 Å². The molecule has 0 saturated heterocycles. The molecule has 1 aromatic heterocycles. The van der Waals surface area contributed by atoms with Gasteiger partial charge in [-0.15, -0.1) is 0 Å². The highest BCUT2D eigenvalue weighted by molar-refractivity contribution is 5.80. The van der Waals surface area contributed by atoms with Crippen molar-refractivity contribution in [1.82, 2.24) is 4.68 Å². The van der Waals surface area contributed by atoms with Crippen molar-refractivity contribution in [2.45, 2.75) is 13.8 Å². The van der Waals surface area contributed by atoms with E-state index in [0.29, 0.717) is 22.6 Å². The van der Waals surface area contributed by atoms with E-state index in [4.69, 9.17) is 10.00 Å². The van der Waals surface area contributed by atoms with Gasteiger partial charge in [0.15, 0.2) is 11.5 Å². The van der Waals surface area contributed by atoms with Crippen LogP contribution in [0.2, 0.25) is 0 Å². The van der Waals surface area contributed by atoms with Crippen LogP contribution in [0.25, 0.3) is 0 Å². The first-order valence-corrected chi connectivity index (χ1v) is 6.52. The van der Waals surface area contributed by atoms with Gasteiger partial charge in [-0.1, -0.05) is 0 Å². The lowest BCUT2D eigenvalue weighted by atomic mass is 10.1. The summed E-state index contributed by atoms with van der Waals surface area (Å²) in [5, 5.41) is 22.8. The monoisotopic (exact) mass is 297 g/mol. The van der Waals surface area contributed by atoms with Crippen LogP contribution in [0.4, 0.5) is 0 Å². The molecule has 1 N–H and O–H groups in total. The van der Waals surface area contributed by atoms with Gasteiger partial charge in [-0.3, -0.25) is 4.79 Å². The molecule has 6 nitrogen and oxygen atoms in total. The summed E-state index contributed by atoms with van der Waals surface area (Å²) < 4.78 is 6.12. The third kappa shape index (κ3) is 2.83. The Morgan fingerprint density at radius 1 is 1.36 bits per heavy atom. The molecule has 0 unspecified atom stereocenters. The number of rotatable bonds is 3. The molecule has 1 heterocycles. The molecule has 0 saturated carbocycles. The zero-order chi connectivity index (χ0) is 16.3. The molecule has 6 heteroatoms. The number of hydrogen-bond donors (Lipinski definition) is 1. The molecule has 0 aliphatic carbocycles. The first-order valence-electron chi connectivity index (χ1n) is 6.52. The number of aryl methyl sites for hydroxylation is 2. The maximum Gasteiger partial charge on any atom is 0.289 e. The molecule has 0 aliphatic heterocycles. The van der Waals surface area contributed by atoms with Gasteiger partial charge in [0.2, 0.25) is 0 Å². The number of pyridine rings is 1. The second-order valence-corrected chi connectivity index (χ2v) is 4.75. The van der Waals surface area contributed by atoms with Crippen LogP contribution < -0.4 is 10.3 Å². The molecule has 2 rings (SSSR count). The van der Waals surface area contributed by atoms with Crippen molar-refractivity contribution in [3.05, 3.63) is 57.0 Å². The molecule has 1 aromatic carbocycles. The quantitative estimate of drug-likeness (QED) is 0.877. The van der Waals surface area contributed by atoms with Gasteiger partial charge < -0.3 is 9.84 Å². The van der Waals surface area contributed by atoms with E-state index in [0.717, 1.165) is 4.68 Å². The summed E-state index contributed by atoms with van der Waals surface area (Å²) >= 11 is 0. The van der Waals surface area contributed by atoms with Gasteiger partial charge in [-0.05, 0) is 49.2 Å². The predicted molar refractivity (Wildman–Crippen MR) is 82.5 cm³/mol. The molecule has 22 heavy (non-hydrogen) atoms. The number of phenols is 1. The number of aromatic nitrogens is 1. The largest absolute Gasteiger partial charge is 0.504 e. The van der Waals surface area contributed by atoms with Gasteiger partial charge >= 0.3 is 0 Å². The average molecular weight is 297 g/mol. The Morgan fingerprint density at radius 3 is 2.68 bits per heavy atom. The summed E-state index contributed by atoms with van der Waals surface area (Å²) in [5.74, 6) is 0.338. The molecule has 112 valence electrons. The van der Waals surface area contributed by atoms with Crippen LogP contribution in [0.15, 0.2) is 34.2 Å². The van der Waals surface area contributed by atoms with Gasteiger partial charge in [-0.2, -0.15) is 10.4 Å². The molecule has 0 radical (unpaired) electrons. The van der Waals surface area contributed by atoms with E-state index in [1.807, 2.05) is 6.07 Å². The Bertz CT molecular complexity index is 845. The fourth-order valence-corrected chi connectivity index (χ4v) is 2.07. The number of hydrogen-bond acceptors (Lipinski definition) is 5. The lowest BCUT2D eigenvalue weighted by molar-refractivity contribution is 0.373. The molecule has 2 aromatic rings. The second-order valence-electron chi connectivity index (χ2n) is 4.75. The van der Waals surface area contributed by atoms with Crippen molar-refractivity contribution in [3.8, 4) is 17.6 Å². The van der Waals surface area contributed by atoms with E-state index in [1.54, 1.807) is 32.0 Å². The first-order chi connectivity index (χ1) is 10.5. The Labute approximate surface area is 127 Å². The number of nitriles is 1. The first kappa shape index (κ1) is 15.3. The minimum absolute atomic E-state index is 0.0165. The third-order valence-electron chi connectivity index (χ3n) is 3.20. The number of nitrogens with zero attached hydrogens (tertiary/aromatic N) is 3. The van der Waals surface area contributed by atoms with Crippen LogP contribution in [0.1, 0.15) is 22.4 Å². The number of methoxy groups -OCH3 is 1. The fraction of sp³-hybridized carbons (Fsp3) is 0.188. The molecular formula is C16H15N3O3. The van der Waals surface area contributed by atoms with Crippen LogP contribution >= 0.6 is 0 Å². The maximum absolute atomic E-state index is 12.2. The third-order valence-corrected chi connectivity index (χ3v) is 3.20. The Hall–Kier alpha value is -3.07. The minimum Gasteiger partial charge on any atom is -0.504 e. The van der Waals surface area contributed by atoms with Crippen LogP contribution in [-0.4, -0.2) is 23.1 Å². The van der Waals surface area contributed by atoms with Gasteiger partial charge in [0, 0.05) is 5.69 Å². The lowest BCUT2D eigenvalue weighted by Gasteiger charge is -2.06. The molecule has 0 atom stereocenters. The highest BCUT2D eigenvalue weighted by Gasteiger charge is 2.09. The standard InChI is InChI=1S/C16H15N3O3/c1-10-6-11(2)19(16(21)13(10)8-17)18-9-12-4-5-15(22-3)14(20)7-12/h4-7,9,20H,1-3H3/b18-9-. The Morgan fingerprint density at radius 2 is 2.09 bits per heavy atom. The lowest BCUT2D eigenvalue weighted by Crippen LogP contribution is -2.22. The number of phenolic OH excluding ortho intramolecular Hbond substituents is 1. The van der Waals surface area contributed by atoms with Gasteiger partial charge in [0.05, 0.1) is 13.3 Å². The van der Waals surface area contributed by atoms with Crippen LogP contribution in [-0.2, 0) is 0 Å². The predicted octanol–water partition coefficient (Wildman–Crippen LogP) is 1.93. The Balaban J connectivity index is 2.45. The molecule has 0 bridgehead atoms. The van der Waals surface area contributed by atoms with Crippen molar-refractivity contribution in [2.75, 3.05) is 7.11 Å². The van der Waals surface area contributed by atoms with Crippen LogP contribution in [0, 0.1) is 25.2 Å². The summed E-state index contributed by atoms with van der Waals surface area (Å²) in [5.41, 5.74) is 1.45. The highest BCUT2D eigenvalue weighted by atomic mass is 16.5. The van der Waals surface area contributed by atoms with E-state index in [2.05, 4.69) is 5.10 Å². The van der Waals surface area contributed by atoms with Gasteiger partial charge in [0.25, 0.3) is 5.56 Å². The van der Waals surface area contributed by atoms with E-state index in [1.165, 1.54) is 19.4 Å². The number of ether oxygens (including phenoxy) is 1. The SMILES string of the molecule is COc1ccc(/C=N\n2c(C)cc(C)c(C#N)c2=O)cc1O. The zero-order valence-electron chi connectivity index (χ0n) is 12.5. The van der Waals surface area contributed by atoms with E-state index >= 15 is 0 Å². The Kier molecular flexibility index (Phi) is 4.28. The molecular weight excluding hydrogens is 282 g/mol. The van der Waals surface area contributed by atoms with E-state index in [-0.39, 0.29) is 11.3 Å². The van der Waals surface area contributed by atoms with Crippen molar-refractivity contribution in [2.24, 2.45) is 5.10 Å². The smallest absolute Gasteiger partial charge is 0.289 e. The zero-order valence-corrected chi connectivity index (χ0v) is 12.5. The number of aromatic hydroxyl groups is 1. The molecule has 0 fully saturated rings. The van der Waals surface area contributed by atoms with Crippen LogP contribution in [0.5, 0.6) is 11.5 Å². The van der Waals surface area contributed by atoms with Gasteiger partial charge in [-0.25, -0.2) is 4.68 Å². The molecule has 0 spiro atoms. The van der Waals surface area contributed by atoms with Crippen molar-refractivity contribution in [1.29, 1.82) is 5.26 Å². The molecule has 0 amide bonds. The summed E-state index contributed by atoms with van der Waals surface area (Å²) in [4.78, 5) is 12.2. The summed E-state index contributed by atoms with van der Waals surface area (Å²) in [6.07, 6.45) is 1.43. The van der Waals surface area contributed by atoms with Crippen molar-refractivity contribution < 1.29 is 9.84 Å². The summed E-state index contributed by atoms with van der Waals surface area (Å²) in [6.45, 7) is 3.45. The topological polar surface area (TPSA) is 87.6 Å². The van der Waals surface area contributed by atoms with Crippen LogP contribution in [0.3, 0.4) is 0 Å². The van der Waals surface area contributed by atoms with E-state index in [9.17, 15) is 9.90 Å². The number of benzene rings is 1. The molecule has 0 aliphatic rings. The van der Waals surface area contributed by atoms with E-state index < -0.39 is 5.56 Å². The van der Waals surface area contributed by atoms with Crippen molar-refractivity contribution >= 4 is 6.21 Å². The minimum atomic E-state index is -0.464. The second kappa shape index (κ2) is 6.14. The van der Waals surface area contributed by atoms with Crippen molar-refractivity contribution in [3.63, 3.8) is 0 Å². The average Bonchev–Trinajstić information content (AvgIpc) is 2.47. The maximum atomic E-state index is 12.2. The summed E-state index contributed by atoms with van der Waals surface area (Å²) in [6, 6.07) is 8.38. The normalized spacial score (nSPS) is 10.6. The summed E-state index contributed by atoms with van der Waals surface area (Å²) in [7, 11) is 1.46. The fourth-order valence-electron chi connectivity index (χ4n) is 2.07. The highest BCUT2D eigenvalue weighted by Crippen LogP contribution is 2.25.